The van der Waals surface area contributed by atoms with Crippen LogP contribution in [0.4, 0.5) is 0 Å². The number of amides is 6. The van der Waals surface area contributed by atoms with Gasteiger partial charge >= 0.3 is 11.9 Å². The lowest BCUT2D eigenvalue weighted by atomic mass is 10.0. The number of rotatable bonds is 25. The molecule has 0 aromatic rings. The van der Waals surface area contributed by atoms with Gasteiger partial charge in [0.25, 0.3) is 0 Å². The first-order valence-corrected chi connectivity index (χ1v) is 17.6. The second-order valence-corrected chi connectivity index (χ2v) is 13.8. The molecular weight excluding hydrogens is 668 g/mol. The number of unbranched alkanes of at least 4 members (excludes halogenated alkanes) is 1. The van der Waals surface area contributed by atoms with E-state index in [0.717, 1.165) is 6.42 Å². The number of nitrogens with one attached hydrogen (secondary N) is 6. The molecule has 18 nitrogen and oxygen atoms in total. The predicted molar refractivity (Wildman–Crippen MR) is 185 cm³/mol. The average Bonchev–Trinajstić information content (AvgIpc) is 3.58. The van der Waals surface area contributed by atoms with Gasteiger partial charge in [0.05, 0.1) is 6.04 Å². The van der Waals surface area contributed by atoms with Crippen molar-refractivity contribution in [2.75, 3.05) is 13.1 Å². The Labute approximate surface area is 298 Å². The number of carbonyl (C=O) groups is 8. The summed E-state index contributed by atoms with van der Waals surface area (Å²) in [5, 5.41) is 34.6. The Morgan fingerprint density at radius 2 is 1.14 bits per heavy atom. The van der Waals surface area contributed by atoms with Crippen molar-refractivity contribution in [1.82, 2.24) is 31.9 Å². The van der Waals surface area contributed by atoms with Gasteiger partial charge in [0.2, 0.25) is 35.4 Å². The van der Waals surface area contributed by atoms with Gasteiger partial charge in [-0.15, -0.1) is 0 Å². The molecular formula is C33H58N8O10. The molecule has 1 rings (SSSR count). The van der Waals surface area contributed by atoms with Gasteiger partial charge in [-0.25, -0.2) is 4.79 Å². The van der Waals surface area contributed by atoms with E-state index in [0.29, 0.717) is 32.4 Å². The van der Waals surface area contributed by atoms with Gasteiger partial charge in [-0.05, 0) is 82.7 Å². The van der Waals surface area contributed by atoms with E-state index in [-0.39, 0.29) is 50.4 Å². The van der Waals surface area contributed by atoms with E-state index in [2.05, 4.69) is 31.9 Å². The Kier molecular flexibility index (Phi) is 20.3. The molecule has 1 heterocycles. The van der Waals surface area contributed by atoms with Gasteiger partial charge in [0, 0.05) is 12.8 Å². The number of carboxylic acids is 2. The van der Waals surface area contributed by atoms with Crippen LogP contribution in [0, 0.1) is 11.8 Å². The van der Waals surface area contributed by atoms with Crippen LogP contribution in [0.1, 0.15) is 98.3 Å². The van der Waals surface area contributed by atoms with Gasteiger partial charge in [-0.3, -0.25) is 33.6 Å². The summed E-state index contributed by atoms with van der Waals surface area (Å²) in [6.45, 7) is 8.08. The maximum absolute atomic E-state index is 13.7. The van der Waals surface area contributed by atoms with Crippen molar-refractivity contribution in [3.05, 3.63) is 0 Å². The molecule has 0 aliphatic carbocycles. The Morgan fingerprint density at radius 1 is 0.667 bits per heavy atom. The summed E-state index contributed by atoms with van der Waals surface area (Å²) >= 11 is 0. The molecule has 12 N–H and O–H groups in total. The zero-order chi connectivity index (χ0) is 38.7. The third kappa shape index (κ3) is 18.0. The van der Waals surface area contributed by atoms with E-state index >= 15 is 0 Å². The molecule has 290 valence electrons. The average molecular weight is 727 g/mol. The Bertz CT molecular complexity index is 1210. The van der Waals surface area contributed by atoms with Crippen LogP contribution in [-0.4, -0.2) is 107 Å². The Balaban J connectivity index is 3.25. The van der Waals surface area contributed by atoms with Gasteiger partial charge < -0.3 is 53.6 Å². The topological polar surface area (TPSA) is 301 Å². The highest BCUT2D eigenvalue weighted by atomic mass is 16.4. The van der Waals surface area contributed by atoms with Crippen LogP contribution in [0.3, 0.4) is 0 Å². The fourth-order valence-electron chi connectivity index (χ4n) is 5.52. The van der Waals surface area contributed by atoms with E-state index in [9.17, 15) is 48.6 Å². The molecule has 1 aliphatic rings. The number of hydrogen-bond donors (Lipinski definition) is 10. The number of primary amides is 1. The van der Waals surface area contributed by atoms with Crippen molar-refractivity contribution < 1.29 is 48.6 Å². The quantitative estimate of drug-likeness (QED) is 0.0486. The van der Waals surface area contributed by atoms with E-state index in [1.54, 1.807) is 13.8 Å². The van der Waals surface area contributed by atoms with Gasteiger partial charge in [0.1, 0.15) is 30.2 Å². The van der Waals surface area contributed by atoms with Crippen molar-refractivity contribution in [3.63, 3.8) is 0 Å². The standard InChI is InChI=1S/C33H58N8O10/c1-18(2)16-24(40-30(47)22(10-12-26(35)42)38-28(45)20-9-7-15-36-20)32(49)37-21(8-5-6-14-34)29(46)39-23(11-13-27(43)44)31(48)41-25(33(50)51)17-19(3)4/h18-25,36H,5-17,34H2,1-4H3,(H2,35,42)(H,37,49)(H,38,45)(H,39,46)(H,40,47)(H,41,48)(H,43,44)(H,50,51)/t20-,21-,22-,23-,24-,25-/m0/s1. The van der Waals surface area contributed by atoms with Crippen molar-refractivity contribution in [2.45, 2.75) is 135 Å². The first kappa shape index (κ1) is 44.7. The summed E-state index contributed by atoms with van der Waals surface area (Å²) in [5.41, 5.74) is 10.9. The molecule has 0 unspecified atom stereocenters. The van der Waals surface area contributed by atoms with E-state index in [4.69, 9.17) is 11.5 Å². The molecule has 0 radical (unpaired) electrons. The fraction of sp³-hybridized carbons (Fsp3) is 0.758. The van der Waals surface area contributed by atoms with Gasteiger partial charge in [-0.1, -0.05) is 27.7 Å². The molecule has 6 atom stereocenters. The van der Waals surface area contributed by atoms with Crippen LogP contribution in [0.15, 0.2) is 0 Å². The molecule has 1 fully saturated rings. The van der Waals surface area contributed by atoms with E-state index in [1.807, 2.05) is 13.8 Å². The van der Waals surface area contributed by atoms with Crippen LogP contribution in [0.2, 0.25) is 0 Å². The van der Waals surface area contributed by atoms with Crippen LogP contribution < -0.4 is 43.4 Å². The normalized spacial score (nSPS) is 17.0. The second kappa shape index (κ2) is 23.2. The maximum Gasteiger partial charge on any atom is 0.326 e. The molecule has 6 amide bonds. The van der Waals surface area contributed by atoms with Crippen molar-refractivity contribution in [1.29, 1.82) is 0 Å². The summed E-state index contributed by atoms with van der Waals surface area (Å²) in [4.78, 5) is 101. The highest BCUT2D eigenvalue weighted by molar-refractivity contribution is 5.96. The molecule has 0 bridgehead atoms. The fourth-order valence-corrected chi connectivity index (χ4v) is 5.52. The van der Waals surface area contributed by atoms with Gasteiger partial charge in [-0.2, -0.15) is 0 Å². The number of nitrogens with two attached hydrogens (primary N) is 2. The first-order valence-electron chi connectivity index (χ1n) is 17.6. The van der Waals surface area contributed by atoms with Crippen LogP contribution in [-0.2, 0) is 38.4 Å². The summed E-state index contributed by atoms with van der Waals surface area (Å²) < 4.78 is 0. The number of hydrogen-bond acceptors (Lipinski definition) is 10. The molecule has 1 aliphatic heterocycles. The van der Waals surface area contributed by atoms with Crippen molar-refractivity contribution >= 4 is 47.4 Å². The highest BCUT2D eigenvalue weighted by Crippen LogP contribution is 2.12. The molecule has 0 aromatic heterocycles. The highest BCUT2D eigenvalue weighted by Gasteiger charge is 2.34. The van der Waals surface area contributed by atoms with Gasteiger partial charge in [0.15, 0.2) is 0 Å². The number of carbonyl (C=O) groups excluding carboxylic acids is 6. The number of aliphatic carboxylic acids is 2. The summed E-state index contributed by atoms with van der Waals surface area (Å²) in [6, 6.07) is -6.85. The SMILES string of the molecule is CC(C)C[C@H](NC(=O)[C@H](CCC(=O)O)NC(=O)[C@H](CCCCN)NC(=O)[C@H](CC(C)C)NC(=O)[C@H](CCC(N)=O)NC(=O)[C@@H]1CCCN1)C(=O)O. The third-order valence-electron chi connectivity index (χ3n) is 8.21. The monoisotopic (exact) mass is 726 g/mol. The minimum Gasteiger partial charge on any atom is -0.481 e. The molecule has 0 aromatic carbocycles. The maximum atomic E-state index is 13.7. The van der Waals surface area contributed by atoms with Crippen LogP contribution >= 0.6 is 0 Å². The summed E-state index contributed by atoms with van der Waals surface area (Å²) in [7, 11) is 0. The number of carboxylic acid groups (broad SMARTS) is 2. The largest absolute Gasteiger partial charge is 0.481 e. The summed E-state index contributed by atoms with van der Waals surface area (Å²) in [5.74, 6) is -7.07. The van der Waals surface area contributed by atoms with Crippen LogP contribution in [0.25, 0.3) is 0 Å². The minimum atomic E-state index is -1.44. The van der Waals surface area contributed by atoms with E-state index < -0.39 is 90.1 Å². The van der Waals surface area contributed by atoms with Crippen LogP contribution in [0.5, 0.6) is 0 Å². The molecule has 1 saturated heterocycles. The predicted octanol–water partition coefficient (Wildman–Crippen LogP) is -1.40. The zero-order valence-corrected chi connectivity index (χ0v) is 30.1. The molecule has 51 heavy (non-hydrogen) atoms. The van der Waals surface area contributed by atoms with Crippen molar-refractivity contribution in [3.8, 4) is 0 Å². The molecule has 0 spiro atoms. The first-order chi connectivity index (χ1) is 23.9. The minimum absolute atomic E-state index is 0.0706. The Hall–Kier alpha value is -4.32. The Morgan fingerprint density at radius 3 is 1.61 bits per heavy atom. The lowest BCUT2D eigenvalue weighted by Crippen LogP contribution is -2.59. The summed E-state index contributed by atoms with van der Waals surface area (Å²) in [6.07, 6.45) is 1.32. The van der Waals surface area contributed by atoms with E-state index in [1.165, 1.54) is 0 Å². The second-order valence-electron chi connectivity index (χ2n) is 13.8. The molecule has 18 heteroatoms. The lowest BCUT2D eigenvalue weighted by Gasteiger charge is -2.28. The van der Waals surface area contributed by atoms with Crippen molar-refractivity contribution in [2.24, 2.45) is 23.3 Å². The third-order valence-corrected chi connectivity index (χ3v) is 8.21. The lowest BCUT2D eigenvalue weighted by molar-refractivity contribution is -0.143. The smallest absolute Gasteiger partial charge is 0.326 e. The zero-order valence-electron chi connectivity index (χ0n) is 30.1. The molecule has 0 saturated carbocycles.